The van der Waals surface area contributed by atoms with Gasteiger partial charge in [-0.15, -0.1) is 11.8 Å². The van der Waals surface area contributed by atoms with E-state index in [0.717, 1.165) is 5.56 Å². The van der Waals surface area contributed by atoms with Crippen LogP contribution in [0.15, 0.2) is 46.2 Å². The summed E-state index contributed by atoms with van der Waals surface area (Å²) < 4.78 is 27.7. The summed E-state index contributed by atoms with van der Waals surface area (Å²) in [5.74, 6) is -1.05. The molecule has 0 amide bonds. The van der Waals surface area contributed by atoms with E-state index >= 15 is 0 Å². The number of anilines is 1. The number of benzene rings is 2. The highest BCUT2D eigenvalue weighted by Gasteiger charge is 2.19. The molecule has 0 aliphatic heterocycles. The van der Waals surface area contributed by atoms with Crippen LogP contribution in [0, 0.1) is 13.8 Å². The Morgan fingerprint density at radius 1 is 1.13 bits per heavy atom. The summed E-state index contributed by atoms with van der Waals surface area (Å²) in [5, 5.41) is 9.02. The smallest absolute Gasteiger partial charge is 0.335 e. The van der Waals surface area contributed by atoms with Gasteiger partial charge in [0.2, 0.25) is 0 Å². The maximum absolute atomic E-state index is 12.6. The SMILES string of the molecule is CSc1cc(C(=O)O)ccc1NS(=O)(=O)c1ccc(C)cc1C. The second-order valence-electron chi connectivity index (χ2n) is 5.09. The number of hydrogen-bond acceptors (Lipinski definition) is 4. The molecule has 0 spiro atoms. The van der Waals surface area contributed by atoms with Crippen molar-refractivity contribution in [1.29, 1.82) is 0 Å². The summed E-state index contributed by atoms with van der Waals surface area (Å²) >= 11 is 1.28. The van der Waals surface area contributed by atoms with Crippen molar-refractivity contribution in [3.05, 3.63) is 53.1 Å². The second-order valence-corrected chi connectivity index (χ2v) is 7.59. The lowest BCUT2D eigenvalue weighted by Gasteiger charge is -2.14. The Labute approximate surface area is 139 Å². The maximum Gasteiger partial charge on any atom is 0.335 e. The highest BCUT2D eigenvalue weighted by Crippen LogP contribution is 2.29. The number of carboxylic acids is 1. The van der Waals surface area contributed by atoms with Gasteiger partial charge in [0.15, 0.2) is 0 Å². The quantitative estimate of drug-likeness (QED) is 0.805. The van der Waals surface area contributed by atoms with Gasteiger partial charge < -0.3 is 5.11 Å². The molecule has 2 aromatic carbocycles. The summed E-state index contributed by atoms with van der Waals surface area (Å²) in [6.45, 7) is 3.64. The number of aromatic carboxylic acids is 1. The van der Waals surface area contributed by atoms with E-state index < -0.39 is 16.0 Å². The Kier molecular flexibility index (Phi) is 5.01. The van der Waals surface area contributed by atoms with Gasteiger partial charge >= 0.3 is 5.97 Å². The van der Waals surface area contributed by atoms with Gasteiger partial charge in [-0.3, -0.25) is 4.72 Å². The van der Waals surface area contributed by atoms with Gasteiger partial charge in [0.1, 0.15) is 0 Å². The Balaban J connectivity index is 2.43. The van der Waals surface area contributed by atoms with Crippen molar-refractivity contribution in [2.24, 2.45) is 0 Å². The topological polar surface area (TPSA) is 83.5 Å². The van der Waals surface area contributed by atoms with Crippen molar-refractivity contribution in [3.63, 3.8) is 0 Å². The zero-order valence-corrected chi connectivity index (χ0v) is 14.6. The normalized spacial score (nSPS) is 11.3. The van der Waals surface area contributed by atoms with Gasteiger partial charge in [-0.05, 0) is 49.9 Å². The number of hydrogen-bond donors (Lipinski definition) is 2. The number of thioether (sulfide) groups is 1. The highest BCUT2D eigenvalue weighted by atomic mass is 32.2. The van der Waals surface area contributed by atoms with Gasteiger partial charge in [-0.2, -0.15) is 0 Å². The first kappa shape index (κ1) is 17.4. The number of carbonyl (C=O) groups is 1. The Hall–Kier alpha value is -1.99. The van der Waals surface area contributed by atoms with Gasteiger partial charge in [0.25, 0.3) is 10.0 Å². The molecule has 7 heteroatoms. The molecule has 0 radical (unpaired) electrons. The molecule has 0 heterocycles. The molecule has 2 rings (SSSR count). The van der Waals surface area contributed by atoms with Crippen LogP contribution in [-0.4, -0.2) is 25.7 Å². The van der Waals surface area contributed by atoms with Crippen LogP contribution in [0.1, 0.15) is 21.5 Å². The molecule has 23 heavy (non-hydrogen) atoms. The first-order valence-corrected chi connectivity index (χ1v) is 9.47. The van der Waals surface area contributed by atoms with E-state index in [-0.39, 0.29) is 10.5 Å². The molecule has 2 aromatic rings. The van der Waals surface area contributed by atoms with E-state index in [9.17, 15) is 13.2 Å². The third kappa shape index (κ3) is 3.86. The highest BCUT2D eigenvalue weighted by molar-refractivity contribution is 7.99. The third-order valence-corrected chi connectivity index (χ3v) is 5.62. The number of carboxylic acid groups (broad SMARTS) is 1. The molecule has 0 fully saturated rings. The molecule has 0 aliphatic rings. The molecule has 0 bridgehead atoms. The van der Waals surface area contributed by atoms with E-state index in [1.165, 1.54) is 30.0 Å². The predicted molar refractivity (Wildman–Crippen MR) is 91.9 cm³/mol. The standard InChI is InChI=1S/C16H17NO4S2/c1-10-4-7-15(11(2)8-10)23(20,21)17-13-6-5-12(16(18)19)9-14(13)22-3/h4-9,17H,1-3H3,(H,18,19). The lowest BCUT2D eigenvalue weighted by Crippen LogP contribution is -2.15. The Morgan fingerprint density at radius 3 is 2.39 bits per heavy atom. The fourth-order valence-corrected chi connectivity index (χ4v) is 4.17. The number of aryl methyl sites for hydroxylation is 2. The zero-order chi connectivity index (χ0) is 17.2. The van der Waals surface area contributed by atoms with Crippen LogP contribution in [0.4, 0.5) is 5.69 Å². The van der Waals surface area contributed by atoms with E-state index in [4.69, 9.17) is 5.11 Å². The van der Waals surface area contributed by atoms with Crippen LogP contribution in [0.3, 0.4) is 0 Å². The molecular weight excluding hydrogens is 334 g/mol. The predicted octanol–water partition coefficient (Wildman–Crippen LogP) is 3.52. The van der Waals surface area contributed by atoms with Crippen molar-refractivity contribution in [1.82, 2.24) is 0 Å². The van der Waals surface area contributed by atoms with E-state index in [0.29, 0.717) is 16.1 Å². The Morgan fingerprint density at radius 2 is 1.83 bits per heavy atom. The molecule has 0 atom stereocenters. The van der Waals surface area contributed by atoms with Gasteiger partial charge in [0.05, 0.1) is 16.1 Å². The van der Waals surface area contributed by atoms with Crippen molar-refractivity contribution in [2.75, 3.05) is 11.0 Å². The number of nitrogens with one attached hydrogen (secondary N) is 1. The summed E-state index contributed by atoms with van der Waals surface area (Å²) in [6, 6.07) is 9.41. The molecule has 0 aliphatic carbocycles. The zero-order valence-electron chi connectivity index (χ0n) is 13.0. The van der Waals surface area contributed by atoms with E-state index in [2.05, 4.69) is 4.72 Å². The molecule has 5 nitrogen and oxygen atoms in total. The van der Waals surface area contributed by atoms with Crippen LogP contribution in [0.25, 0.3) is 0 Å². The fraction of sp³-hybridized carbons (Fsp3) is 0.188. The average Bonchev–Trinajstić information content (AvgIpc) is 2.46. The number of rotatable bonds is 5. The lowest BCUT2D eigenvalue weighted by atomic mass is 10.2. The van der Waals surface area contributed by atoms with Crippen LogP contribution in [-0.2, 0) is 10.0 Å². The molecule has 2 N–H and O–H groups in total. The minimum absolute atomic E-state index is 0.115. The van der Waals surface area contributed by atoms with E-state index in [1.54, 1.807) is 31.4 Å². The fourth-order valence-electron chi connectivity index (χ4n) is 2.21. The lowest BCUT2D eigenvalue weighted by molar-refractivity contribution is 0.0696. The molecule has 0 saturated carbocycles. The number of sulfonamides is 1. The molecule has 0 aromatic heterocycles. The average molecular weight is 351 g/mol. The Bertz CT molecular complexity index is 860. The molecular formula is C16H17NO4S2. The molecule has 0 saturated heterocycles. The summed E-state index contributed by atoms with van der Waals surface area (Å²) in [6.07, 6.45) is 1.76. The van der Waals surface area contributed by atoms with Crippen molar-refractivity contribution >= 4 is 33.4 Å². The first-order chi connectivity index (χ1) is 10.7. The maximum atomic E-state index is 12.6. The van der Waals surface area contributed by atoms with Crippen molar-refractivity contribution in [3.8, 4) is 0 Å². The van der Waals surface area contributed by atoms with E-state index in [1.807, 2.05) is 6.92 Å². The molecule has 0 unspecified atom stereocenters. The first-order valence-electron chi connectivity index (χ1n) is 6.76. The van der Waals surface area contributed by atoms with Crippen molar-refractivity contribution in [2.45, 2.75) is 23.6 Å². The van der Waals surface area contributed by atoms with Gasteiger partial charge in [0, 0.05) is 4.90 Å². The summed E-state index contributed by atoms with van der Waals surface area (Å²) in [7, 11) is -3.74. The third-order valence-electron chi connectivity index (χ3n) is 3.31. The van der Waals surface area contributed by atoms with Gasteiger partial charge in [-0.25, -0.2) is 13.2 Å². The summed E-state index contributed by atoms with van der Waals surface area (Å²) in [4.78, 5) is 11.8. The van der Waals surface area contributed by atoms with Crippen LogP contribution in [0.5, 0.6) is 0 Å². The van der Waals surface area contributed by atoms with Gasteiger partial charge in [-0.1, -0.05) is 17.7 Å². The minimum Gasteiger partial charge on any atom is -0.478 e. The molecule has 122 valence electrons. The minimum atomic E-state index is -3.74. The largest absolute Gasteiger partial charge is 0.478 e. The van der Waals surface area contributed by atoms with Crippen LogP contribution >= 0.6 is 11.8 Å². The summed E-state index contributed by atoms with van der Waals surface area (Å²) in [5.41, 5.74) is 2.12. The van der Waals surface area contributed by atoms with Crippen molar-refractivity contribution < 1.29 is 18.3 Å². The van der Waals surface area contributed by atoms with Crippen LogP contribution in [0.2, 0.25) is 0 Å². The van der Waals surface area contributed by atoms with Crippen LogP contribution < -0.4 is 4.72 Å². The monoisotopic (exact) mass is 351 g/mol. The second kappa shape index (κ2) is 6.64.